The summed E-state index contributed by atoms with van der Waals surface area (Å²) in [6.07, 6.45) is 2.48. The molecule has 2 aromatic carbocycles. The van der Waals surface area contributed by atoms with E-state index in [1.165, 1.54) is 10.6 Å². The normalized spacial score (nSPS) is 24.8. The molecule has 2 atom stereocenters. The fraction of sp³-hybridized carbons (Fsp3) is 0.263. The van der Waals surface area contributed by atoms with Gasteiger partial charge in [-0.15, -0.1) is 0 Å². The summed E-state index contributed by atoms with van der Waals surface area (Å²) in [7, 11) is -1.51. The summed E-state index contributed by atoms with van der Waals surface area (Å²) in [5.74, 6) is 1.32. The van der Waals surface area contributed by atoms with Gasteiger partial charge in [-0.2, -0.15) is 0 Å². The van der Waals surface area contributed by atoms with Gasteiger partial charge >= 0.3 is 0 Å². The molecule has 2 aromatic rings. The van der Waals surface area contributed by atoms with E-state index in [1.807, 2.05) is 73.5 Å². The summed E-state index contributed by atoms with van der Waals surface area (Å²) >= 11 is 0. The number of nitrogens with zero attached hydrogens (tertiary/aromatic N) is 2. The third-order valence-corrected chi connectivity index (χ3v) is 6.15. The maximum atomic E-state index is 12.4. The summed E-state index contributed by atoms with van der Waals surface area (Å²) in [6, 6.07) is 17.4. The topological polar surface area (TPSA) is 49.9 Å². The zero-order valence-electron chi connectivity index (χ0n) is 14.4. The van der Waals surface area contributed by atoms with Crippen LogP contribution in [-0.4, -0.2) is 32.2 Å². The van der Waals surface area contributed by atoms with Crippen molar-refractivity contribution >= 4 is 15.7 Å². The van der Waals surface area contributed by atoms with Crippen LogP contribution in [0.4, 0.5) is 5.69 Å². The Morgan fingerprint density at radius 3 is 2.36 bits per heavy atom. The number of likely N-dealkylation sites (N-methyl/N-ethyl adjacent to an activating group) is 1. The molecule has 0 saturated heterocycles. The van der Waals surface area contributed by atoms with E-state index in [-0.39, 0.29) is 6.17 Å². The van der Waals surface area contributed by atoms with Crippen molar-refractivity contribution in [3.63, 3.8) is 0 Å². The van der Waals surface area contributed by atoms with Crippen molar-refractivity contribution in [2.75, 3.05) is 18.2 Å². The maximum absolute atomic E-state index is 12.4. The SMILES string of the molecule is CN1c2ccccc2[C@]2(C)C(Oc3ccccc3)=CN(S(C)(=O)=O)[C@H]12. The number of anilines is 1. The fourth-order valence-electron chi connectivity index (χ4n) is 3.91. The molecule has 2 aliphatic rings. The van der Waals surface area contributed by atoms with Crippen LogP contribution in [0.25, 0.3) is 0 Å². The van der Waals surface area contributed by atoms with E-state index >= 15 is 0 Å². The molecule has 0 fully saturated rings. The van der Waals surface area contributed by atoms with E-state index in [0.717, 1.165) is 11.3 Å². The average molecular weight is 356 g/mol. The van der Waals surface area contributed by atoms with Crippen molar-refractivity contribution in [2.45, 2.75) is 18.5 Å². The second-order valence-corrected chi connectivity index (χ2v) is 8.59. The Morgan fingerprint density at radius 2 is 1.68 bits per heavy atom. The smallest absolute Gasteiger partial charge is 0.233 e. The van der Waals surface area contributed by atoms with Crippen LogP contribution in [0.5, 0.6) is 5.75 Å². The van der Waals surface area contributed by atoms with Gasteiger partial charge < -0.3 is 9.64 Å². The molecular weight excluding hydrogens is 336 g/mol. The van der Waals surface area contributed by atoms with Crippen LogP contribution in [0.2, 0.25) is 0 Å². The van der Waals surface area contributed by atoms with Gasteiger partial charge in [-0.25, -0.2) is 8.42 Å². The Hall–Kier alpha value is -2.47. The number of fused-ring (bicyclic) bond motifs is 3. The Bertz CT molecular complexity index is 956. The first-order valence-electron chi connectivity index (χ1n) is 8.09. The molecule has 25 heavy (non-hydrogen) atoms. The Labute approximate surface area is 148 Å². The van der Waals surface area contributed by atoms with Crippen LogP contribution in [0.3, 0.4) is 0 Å². The summed E-state index contributed by atoms with van der Waals surface area (Å²) < 4.78 is 32.4. The van der Waals surface area contributed by atoms with Crippen LogP contribution in [0, 0.1) is 0 Å². The molecule has 0 N–H and O–H groups in total. The highest BCUT2D eigenvalue weighted by atomic mass is 32.2. The minimum absolute atomic E-state index is 0.376. The number of para-hydroxylation sites is 2. The van der Waals surface area contributed by atoms with E-state index in [4.69, 9.17) is 4.74 Å². The molecule has 2 aliphatic heterocycles. The zero-order valence-corrected chi connectivity index (χ0v) is 15.2. The first kappa shape index (κ1) is 16.0. The van der Waals surface area contributed by atoms with Gasteiger partial charge in [0.2, 0.25) is 10.0 Å². The molecule has 4 rings (SSSR count). The van der Waals surface area contributed by atoms with Crippen molar-refractivity contribution in [3.05, 3.63) is 72.1 Å². The molecule has 0 spiro atoms. The highest BCUT2D eigenvalue weighted by molar-refractivity contribution is 7.88. The van der Waals surface area contributed by atoms with Gasteiger partial charge in [0, 0.05) is 12.7 Å². The summed E-state index contributed by atoms with van der Waals surface area (Å²) in [5, 5.41) is 0. The predicted octanol–water partition coefficient (Wildman–Crippen LogP) is 2.92. The monoisotopic (exact) mass is 356 g/mol. The van der Waals surface area contributed by atoms with Gasteiger partial charge in [-0.1, -0.05) is 36.4 Å². The number of hydrogen-bond acceptors (Lipinski definition) is 4. The predicted molar refractivity (Wildman–Crippen MR) is 97.8 cm³/mol. The van der Waals surface area contributed by atoms with Crippen LogP contribution >= 0.6 is 0 Å². The Balaban J connectivity index is 1.88. The molecule has 0 unspecified atom stereocenters. The highest BCUT2D eigenvalue weighted by Crippen LogP contribution is 2.54. The number of rotatable bonds is 3. The lowest BCUT2D eigenvalue weighted by Crippen LogP contribution is -2.50. The third kappa shape index (κ3) is 2.24. The largest absolute Gasteiger partial charge is 0.459 e. The average Bonchev–Trinajstić information content (AvgIpc) is 3.00. The van der Waals surface area contributed by atoms with E-state index in [1.54, 1.807) is 6.20 Å². The summed E-state index contributed by atoms with van der Waals surface area (Å²) in [5.41, 5.74) is 1.51. The van der Waals surface area contributed by atoms with Crippen LogP contribution < -0.4 is 9.64 Å². The standard InChI is InChI=1S/C19H20N2O3S/c1-19-15-11-7-8-12-16(15)20(2)18(19)21(25(3,22)23)13-17(19)24-14-9-5-4-6-10-14/h4-13,18H,1-3H3/t18-,19+/m0/s1. The minimum Gasteiger partial charge on any atom is -0.459 e. The second kappa shape index (κ2) is 5.26. The van der Waals surface area contributed by atoms with Gasteiger partial charge in [0.15, 0.2) is 0 Å². The fourth-order valence-corrected chi connectivity index (χ4v) is 4.91. The number of sulfonamides is 1. The molecule has 6 heteroatoms. The molecule has 0 radical (unpaired) electrons. The minimum atomic E-state index is -3.44. The molecule has 5 nitrogen and oxygen atoms in total. The first-order valence-corrected chi connectivity index (χ1v) is 9.94. The maximum Gasteiger partial charge on any atom is 0.233 e. The molecule has 0 aromatic heterocycles. The Kier molecular flexibility index (Phi) is 3.37. The van der Waals surface area contributed by atoms with Crippen molar-refractivity contribution in [2.24, 2.45) is 0 Å². The zero-order chi connectivity index (χ0) is 17.8. The van der Waals surface area contributed by atoms with Gasteiger partial charge in [0.05, 0.1) is 17.9 Å². The number of benzene rings is 2. The van der Waals surface area contributed by atoms with E-state index in [2.05, 4.69) is 0 Å². The molecule has 0 amide bonds. The summed E-state index contributed by atoms with van der Waals surface area (Å²) in [6.45, 7) is 2.04. The number of hydrogen-bond donors (Lipinski definition) is 0. The van der Waals surface area contributed by atoms with Crippen LogP contribution in [0.1, 0.15) is 12.5 Å². The first-order chi connectivity index (χ1) is 11.8. The van der Waals surface area contributed by atoms with E-state index in [0.29, 0.717) is 11.5 Å². The van der Waals surface area contributed by atoms with Crippen molar-refractivity contribution in [1.82, 2.24) is 4.31 Å². The lowest BCUT2D eigenvalue weighted by atomic mass is 9.82. The number of ether oxygens (including phenoxy) is 1. The van der Waals surface area contributed by atoms with Crippen molar-refractivity contribution in [1.29, 1.82) is 0 Å². The molecular formula is C19H20N2O3S. The molecule has 0 bridgehead atoms. The van der Waals surface area contributed by atoms with Gasteiger partial charge in [-0.05, 0) is 30.7 Å². The van der Waals surface area contributed by atoms with Crippen molar-refractivity contribution < 1.29 is 13.2 Å². The molecule has 130 valence electrons. The lowest BCUT2D eigenvalue weighted by Gasteiger charge is -2.34. The molecule has 0 saturated carbocycles. The lowest BCUT2D eigenvalue weighted by molar-refractivity contribution is 0.287. The quantitative estimate of drug-likeness (QED) is 0.848. The Morgan fingerprint density at radius 1 is 1.04 bits per heavy atom. The van der Waals surface area contributed by atoms with E-state index < -0.39 is 15.4 Å². The van der Waals surface area contributed by atoms with Crippen LogP contribution in [0.15, 0.2) is 66.6 Å². The van der Waals surface area contributed by atoms with Crippen LogP contribution in [-0.2, 0) is 15.4 Å². The highest BCUT2D eigenvalue weighted by Gasteiger charge is 2.58. The summed E-state index contributed by atoms with van der Waals surface area (Å²) in [4.78, 5) is 2.01. The molecule has 0 aliphatic carbocycles. The van der Waals surface area contributed by atoms with Crippen molar-refractivity contribution in [3.8, 4) is 5.75 Å². The van der Waals surface area contributed by atoms with Gasteiger partial charge in [0.25, 0.3) is 0 Å². The second-order valence-electron chi connectivity index (χ2n) is 6.71. The van der Waals surface area contributed by atoms with Gasteiger partial charge in [-0.3, -0.25) is 4.31 Å². The third-order valence-electron chi connectivity index (χ3n) is 5.08. The van der Waals surface area contributed by atoms with Gasteiger partial charge in [0.1, 0.15) is 17.7 Å². The van der Waals surface area contributed by atoms with E-state index in [9.17, 15) is 8.42 Å². The molecule has 2 heterocycles.